The summed E-state index contributed by atoms with van der Waals surface area (Å²) in [5.41, 5.74) is 8.24. The highest BCUT2D eigenvalue weighted by Gasteiger charge is 2.30. The molecular weight excluding hydrogens is 502 g/mol. The average molecular weight is 525 g/mol. The van der Waals surface area contributed by atoms with Crippen molar-refractivity contribution in [3.63, 3.8) is 0 Å². The third-order valence-electron chi connectivity index (χ3n) is 3.55. The molecule has 0 heterocycles. The molecule has 2 aromatic carbocycles. The van der Waals surface area contributed by atoms with Crippen molar-refractivity contribution >= 4 is 35.6 Å². The van der Waals surface area contributed by atoms with Gasteiger partial charge in [0, 0.05) is 18.4 Å². The molecule has 0 unspecified atom stereocenters. The van der Waals surface area contributed by atoms with E-state index in [1.165, 1.54) is 24.3 Å². The van der Waals surface area contributed by atoms with E-state index in [9.17, 15) is 13.2 Å². The molecule has 0 fully saturated rings. The van der Waals surface area contributed by atoms with Crippen LogP contribution >= 0.6 is 24.0 Å². The van der Waals surface area contributed by atoms with Gasteiger partial charge in [-0.3, -0.25) is 0 Å². The van der Waals surface area contributed by atoms with Crippen LogP contribution in [0.4, 0.5) is 18.9 Å². The Bertz CT molecular complexity index is 800. The van der Waals surface area contributed by atoms with Gasteiger partial charge in [-0.2, -0.15) is 0 Å². The van der Waals surface area contributed by atoms with Crippen LogP contribution in [0, 0.1) is 6.92 Å². The Morgan fingerprint density at radius 3 is 2.41 bits per heavy atom. The number of hydrogen-bond donors (Lipinski definition) is 2. The fraction of sp³-hybridized carbons (Fsp3) is 0.316. The summed E-state index contributed by atoms with van der Waals surface area (Å²) in [6.07, 6.45) is -4.73. The lowest BCUT2D eigenvalue weighted by molar-refractivity contribution is -0.274. The van der Waals surface area contributed by atoms with Gasteiger partial charge in [-0.05, 0) is 42.8 Å². The first-order valence-corrected chi connectivity index (χ1v) is 8.41. The topological polar surface area (TPSA) is 78.1 Å². The molecule has 0 amide bonds. The van der Waals surface area contributed by atoms with Gasteiger partial charge in [0.05, 0.1) is 13.2 Å². The van der Waals surface area contributed by atoms with Crippen LogP contribution in [0.5, 0.6) is 11.5 Å². The molecule has 0 spiro atoms. The second-order valence-electron chi connectivity index (χ2n) is 5.85. The minimum absolute atomic E-state index is 0. The van der Waals surface area contributed by atoms with Crippen molar-refractivity contribution in [1.82, 2.24) is 0 Å². The molecule has 160 valence electrons. The van der Waals surface area contributed by atoms with E-state index in [0.29, 0.717) is 24.7 Å². The van der Waals surface area contributed by atoms with E-state index in [0.717, 1.165) is 11.1 Å². The van der Waals surface area contributed by atoms with Crippen LogP contribution in [0.1, 0.15) is 11.1 Å². The van der Waals surface area contributed by atoms with Crippen molar-refractivity contribution < 1.29 is 27.4 Å². The fourth-order valence-corrected chi connectivity index (χ4v) is 2.26. The van der Waals surface area contributed by atoms with Crippen molar-refractivity contribution in [1.29, 1.82) is 0 Å². The third kappa shape index (κ3) is 9.22. The normalized spacial score (nSPS) is 11.6. The minimum atomic E-state index is -4.73. The van der Waals surface area contributed by atoms with Gasteiger partial charge in [0.15, 0.2) is 5.96 Å². The van der Waals surface area contributed by atoms with Gasteiger partial charge in [0.25, 0.3) is 0 Å². The summed E-state index contributed by atoms with van der Waals surface area (Å²) in [5.74, 6) is 0.501. The number of methoxy groups -OCH3 is 1. The predicted molar refractivity (Wildman–Crippen MR) is 116 cm³/mol. The lowest BCUT2D eigenvalue weighted by Crippen LogP contribution is -2.22. The van der Waals surface area contributed by atoms with Crippen molar-refractivity contribution in [2.75, 3.05) is 25.6 Å². The van der Waals surface area contributed by atoms with E-state index in [2.05, 4.69) is 15.0 Å². The summed E-state index contributed by atoms with van der Waals surface area (Å²) >= 11 is 0. The first-order chi connectivity index (χ1) is 13.3. The summed E-state index contributed by atoms with van der Waals surface area (Å²) in [6.45, 7) is 3.11. The van der Waals surface area contributed by atoms with Gasteiger partial charge in [-0.25, -0.2) is 4.99 Å². The maximum Gasteiger partial charge on any atom is 0.573 e. The van der Waals surface area contributed by atoms with Crippen LogP contribution in [0.25, 0.3) is 0 Å². The molecule has 0 aromatic heterocycles. The van der Waals surface area contributed by atoms with Crippen molar-refractivity contribution in [2.45, 2.75) is 19.8 Å². The highest BCUT2D eigenvalue weighted by atomic mass is 127. The zero-order valence-corrected chi connectivity index (χ0v) is 18.3. The molecule has 0 saturated heterocycles. The molecule has 0 aliphatic carbocycles. The molecule has 6 nitrogen and oxygen atoms in total. The Morgan fingerprint density at radius 2 is 1.79 bits per heavy atom. The molecular formula is C19H23F3IN3O3. The van der Waals surface area contributed by atoms with E-state index < -0.39 is 6.36 Å². The van der Waals surface area contributed by atoms with Gasteiger partial charge in [-0.1, -0.05) is 12.1 Å². The molecule has 0 atom stereocenters. The van der Waals surface area contributed by atoms with Crippen LogP contribution in [0.2, 0.25) is 0 Å². The molecule has 0 bridgehead atoms. The second kappa shape index (κ2) is 11.7. The van der Waals surface area contributed by atoms with Gasteiger partial charge in [0.1, 0.15) is 18.1 Å². The third-order valence-corrected chi connectivity index (χ3v) is 3.55. The Labute approximate surface area is 184 Å². The number of nitrogens with two attached hydrogens (primary N) is 1. The van der Waals surface area contributed by atoms with Crippen LogP contribution in [-0.4, -0.2) is 32.6 Å². The van der Waals surface area contributed by atoms with Gasteiger partial charge >= 0.3 is 6.36 Å². The fourth-order valence-electron chi connectivity index (χ4n) is 2.26. The van der Waals surface area contributed by atoms with Crippen LogP contribution < -0.4 is 20.5 Å². The number of halogens is 4. The number of aliphatic imine (C=N–C) groups is 1. The monoisotopic (exact) mass is 525 g/mol. The number of benzene rings is 2. The number of ether oxygens (including phenoxy) is 3. The largest absolute Gasteiger partial charge is 0.573 e. The molecule has 10 heteroatoms. The Balaban J connectivity index is 0.00000420. The average Bonchev–Trinajstić information content (AvgIpc) is 2.62. The van der Waals surface area contributed by atoms with Gasteiger partial charge in [0.2, 0.25) is 0 Å². The zero-order chi connectivity index (χ0) is 20.6. The number of rotatable bonds is 8. The zero-order valence-electron chi connectivity index (χ0n) is 16.0. The highest BCUT2D eigenvalue weighted by Crippen LogP contribution is 2.24. The Morgan fingerprint density at radius 1 is 1.10 bits per heavy atom. The van der Waals surface area contributed by atoms with Crippen LogP contribution in [0.3, 0.4) is 0 Å². The molecule has 2 rings (SSSR count). The van der Waals surface area contributed by atoms with Gasteiger partial charge in [-0.15, -0.1) is 37.1 Å². The van der Waals surface area contributed by atoms with Crippen molar-refractivity contribution in [2.24, 2.45) is 10.7 Å². The molecule has 0 aliphatic rings. The molecule has 3 N–H and O–H groups in total. The number of guanidine groups is 1. The lowest BCUT2D eigenvalue weighted by Gasteiger charge is -2.12. The number of aryl methyl sites for hydroxylation is 1. The van der Waals surface area contributed by atoms with E-state index >= 15 is 0 Å². The van der Waals surface area contributed by atoms with E-state index in [-0.39, 0.29) is 42.2 Å². The maximum absolute atomic E-state index is 12.2. The smallest absolute Gasteiger partial charge is 0.491 e. The molecule has 29 heavy (non-hydrogen) atoms. The molecule has 0 saturated carbocycles. The predicted octanol–water partition coefficient (Wildman–Crippen LogP) is 4.46. The SMILES string of the molecule is COCCOc1cc(C)ccc1CN=C(N)Nc1ccc(OC(F)(F)F)cc1.I. The number of anilines is 1. The first-order valence-electron chi connectivity index (χ1n) is 8.41. The van der Waals surface area contributed by atoms with Crippen molar-refractivity contribution in [3.05, 3.63) is 53.6 Å². The number of hydrogen-bond acceptors (Lipinski definition) is 4. The standard InChI is InChI=1S/C19H22F3N3O3.HI/c1-13-3-4-14(17(11-13)27-10-9-26-2)12-24-18(23)25-15-5-7-16(8-6-15)28-19(20,21)22;/h3-8,11H,9-10,12H2,1-2H3,(H3,23,24,25);1H. The van der Waals surface area contributed by atoms with Crippen LogP contribution in [0.15, 0.2) is 47.5 Å². The number of nitrogens with zero attached hydrogens (tertiary/aromatic N) is 1. The lowest BCUT2D eigenvalue weighted by atomic mass is 10.1. The van der Waals surface area contributed by atoms with E-state index in [1.807, 2.05) is 25.1 Å². The van der Waals surface area contributed by atoms with Crippen molar-refractivity contribution in [3.8, 4) is 11.5 Å². The summed E-state index contributed by atoms with van der Waals surface area (Å²) in [7, 11) is 1.60. The van der Waals surface area contributed by atoms with Gasteiger partial charge < -0.3 is 25.3 Å². The molecule has 0 radical (unpaired) electrons. The summed E-state index contributed by atoms with van der Waals surface area (Å²) in [6, 6.07) is 10.9. The van der Waals surface area contributed by atoms with Crippen LogP contribution in [-0.2, 0) is 11.3 Å². The Hall–Kier alpha value is -2.21. The van der Waals surface area contributed by atoms with E-state index in [4.69, 9.17) is 15.2 Å². The minimum Gasteiger partial charge on any atom is -0.491 e. The second-order valence-corrected chi connectivity index (χ2v) is 5.85. The number of nitrogens with one attached hydrogen (secondary N) is 1. The summed E-state index contributed by atoms with van der Waals surface area (Å²) in [5, 5.41) is 2.82. The maximum atomic E-state index is 12.2. The quantitative estimate of drug-likeness (QED) is 0.230. The highest BCUT2D eigenvalue weighted by molar-refractivity contribution is 14.0. The molecule has 0 aliphatic heterocycles. The Kier molecular flexibility index (Phi) is 10.0. The number of alkyl halides is 3. The van der Waals surface area contributed by atoms with E-state index in [1.54, 1.807) is 7.11 Å². The first kappa shape index (κ1) is 24.8. The molecule has 2 aromatic rings. The summed E-state index contributed by atoms with van der Waals surface area (Å²) < 4.78 is 51.0. The summed E-state index contributed by atoms with van der Waals surface area (Å²) in [4.78, 5) is 4.25.